The van der Waals surface area contributed by atoms with E-state index < -0.39 is 47.8 Å². The third-order valence-electron chi connectivity index (χ3n) is 10.3. The molecule has 0 saturated heterocycles. The van der Waals surface area contributed by atoms with E-state index in [0.29, 0.717) is 0 Å². The average Bonchev–Trinajstić information content (AvgIpc) is 1.23. The van der Waals surface area contributed by atoms with Crippen LogP contribution in [0.1, 0.15) is 82.9 Å². The number of halogens is 4. The van der Waals surface area contributed by atoms with Gasteiger partial charge >= 0.3 is 126 Å². The first-order valence-corrected chi connectivity index (χ1v) is 28.0. The summed E-state index contributed by atoms with van der Waals surface area (Å²) in [6.45, 7) is 0. The number of rotatable bonds is 8. The zero-order valence-corrected chi connectivity index (χ0v) is 68.9. The molecule has 0 unspecified atom stereocenters. The van der Waals surface area contributed by atoms with Gasteiger partial charge in [0.05, 0.1) is 112 Å². The minimum Gasteiger partial charge on any atom is -0.872 e. The van der Waals surface area contributed by atoms with Crippen molar-refractivity contribution in [3.8, 4) is 46.0 Å². The van der Waals surface area contributed by atoms with Crippen molar-refractivity contribution in [1.82, 2.24) is 0 Å². The van der Waals surface area contributed by atoms with Gasteiger partial charge in [-0.05, 0) is 48.5 Å². The van der Waals surface area contributed by atoms with Crippen LogP contribution in [-0.2, 0) is 116 Å². The zero-order chi connectivity index (χ0) is 71.6. The van der Waals surface area contributed by atoms with Gasteiger partial charge in [-0.2, -0.15) is 0 Å². The Balaban J connectivity index is -0.000000242. The van der Waals surface area contributed by atoms with E-state index in [4.69, 9.17) is 46.4 Å². The normalized spacial score (nSPS) is 8.61. The molecule has 0 radical (unpaired) electrons. The molecule has 0 aliphatic heterocycles. The standard InChI is InChI=1S/8C8H8O3.2CH2Cl2.4Zn/c8*1-11-8(10)6-4-2-3-5-7(6)9;2*2-1-3;;;;/h8*2-5,9H,1H3;2*1H2;;;;/q;;;;;;;;;;4*+2/p-8. The summed E-state index contributed by atoms with van der Waals surface area (Å²) in [4.78, 5) is 86.5. The fraction of sp³-hybridized carbons (Fsp3) is 0.152. The van der Waals surface area contributed by atoms with E-state index in [2.05, 4.69) is 37.9 Å². The number of carbonyl (C=O) groups is 8. The second-order valence-corrected chi connectivity index (χ2v) is 17.7. The fourth-order valence-corrected chi connectivity index (χ4v) is 5.96. The molecule has 24 nitrogen and oxygen atoms in total. The minimum absolute atomic E-state index is 0. The summed E-state index contributed by atoms with van der Waals surface area (Å²) in [7, 11) is 9.96. The summed E-state index contributed by atoms with van der Waals surface area (Å²) < 4.78 is 35.0. The molecule has 8 aromatic rings. The van der Waals surface area contributed by atoms with E-state index in [1.54, 1.807) is 97.1 Å². The van der Waals surface area contributed by atoms with Gasteiger partial charge in [0.25, 0.3) is 0 Å². The van der Waals surface area contributed by atoms with E-state index in [1.807, 2.05) is 0 Å². The third-order valence-corrected chi connectivity index (χ3v) is 10.3. The van der Waals surface area contributed by atoms with Crippen molar-refractivity contribution < 1.29 is 195 Å². The van der Waals surface area contributed by atoms with E-state index in [1.165, 1.54) is 154 Å². The van der Waals surface area contributed by atoms with Crippen LogP contribution in [0.3, 0.4) is 0 Å². The van der Waals surface area contributed by atoms with E-state index in [9.17, 15) is 79.2 Å². The molecule has 0 aromatic heterocycles. The van der Waals surface area contributed by atoms with Crippen LogP contribution >= 0.6 is 46.4 Å². The van der Waals surface area contributed by atoms with Crippen molar-refractivity contribution in [2.75, 3.05) is 67.6 Å². The maximum atomic E-state index is 10.9. The Labute approximate surface area is 636 Å². The van der Waals surface area contributed by atoms with Crippen molar-refractivity contribution in [2.24, 2.45) is 0 Å². The summed E-state index contributed by atoms with van der Waals surface area (Å²) in [5.41, 5.74) is 0.630. The molecule has 0 heterocycles. The number of benzene rings is 8. The van der Waals surface area contributed by atoms with Gasteiger partial charge in [0.15, 0.2) is 0 Å². The molecule has 0 saturated carbocycles. The predicted molar refractivity (Wildman–Crippen MR) is 331 cm³/mol. The predicted octanol–water partition coefficient (Wildman–Crippen LogP) is 7.21. The van der Waals surface area contributed by atoms with Crippen molar-refractivity contribution in [1.29, 1.82) is 0 Å². The Morgan fingerprint density at radius 2 is 0.286 bits per heavy atom. The molecule has 0 aliphatic carbocycles. The van der Waals surface area contributed by atoms with Crippen molar-refractivity contribution in [2.45, 2.75) is 0 Å². The van der Waals surface area contributed by atoms with Crippen LogP contribution in [0, 0.1) is 0 Å². The van der Waals surface area contributed by atoms with Gasteiger partial charge in [0.1, 0.15) is 0 Å². The topological polar surface area (TPSA) is 395 Å². The van der Waals surface area contributed by atoms with E-state index in [-0.39, 0.29) is 179 Å². The van der Waals surface area contributed by atoms with Gasteiger partial charge < -0.3 is 78.7 Å². The first-order chi connectivity index (χ1) is 44.9. The van der Waals surface area contributed by atoms with Crippen LogP contribution in [0.5, 0.6) is 46.0 Å². The number of alkyl halides is 4. The zero-order valence-electron chi connectivity index (χ0n) is 54.0. The number of ether oxygens (including phenoxy) is 8. The Morgan fingerprint density at radius 3 is 0.347 bits per heavy atom. The summed E-state index contributed by atoms with van der Waals surface area (Å²) in [5.74, 6) is -7.15. The van der Waals surface area contributed by atoms with Crippen molar-refractivity contribution in [3.05, 3.63) is 239 Å². The number of carbonyl (C=O) groups excluding carboxylic acids is 8. The molecule has 0 aliphatic rings. The fourth-order valence-electron chi connectivity index (χ4n) is 5.96. The molecule has 0 N–H and O–H groups in total. The molecular formula is C66H60Cl4O24Zn4. The van der Waals surface area contributed by atoms with Crippen LogP contribution in [0.25, 0.3) is 0 Å². The van der Waals surface area contributed by atoms with Gasteiger partial charge in [0, 0.05) is 0 Å². The van der Waals surface area contributed by atoms with Gasteiger partial charge in [-0.1, -0.05) is 192 Å². The van der Waals surface area contributed by atoms with Gasteiger partial charge in [0.2, 0.25) is 0 Å². The minimum atomic E-state index is -0.587. The molecule has 32 heteroatoms. The smallest absolute Gasteiger partial charge is 0.872 e. The second-order valence-electron chi connectivity index (χ2n) is 16.1. The average molecular weight is 1640 g/mol. The molecule has 98 heavy (non-hydrogen) atoms. The first-order valence-electron chi connectivity index (χ1n) is 25.9. The van der Waals surface area contributed by atoms with Crippen LogP contribution < -0.4 is 40.9 Å². The molecule has 8 aromatic carbocycles. The van der Waals surface area contributed by atoms with E-state index >= 15 is 0 Å². The van der Waals surface area contributed by atoms with Crippen LogP contribution in [0.15, 0.2) is 194 Å². The summed E-state index contributed by atoms with van der Waals surface area (Å²) in [5, 5.41) is 87.7. The molecule has 0 bridgehead atoms. The SMILES string of the molecule is COC(=O)c1ccccc1[O-].COC(=O)c1ccccc1[O-].COC(=O)c1ccccc1[O-].COC(=O)c1ccccc1[O-].COC(=O)c1ccccc1[O-].COC(=O)c1ccccc1[O-].COC(=O)c1ccccc1[O-].COC(=O)c1ccccc1[O-].ClCCl.ClCCl.[Zn+2].[Zn+2].[Zn+2].[Zn+2]. The van der Waals surface area contributed by atoms with E-state index in [0.717, 1.165) is 0 Å². The van der Waals surface area contributed by atoms with Crippen LogP contribution in [0.4, 0.5) is 0 Å². The molecule has 8 rings (SSSR count). The first kappa shape index (κ1) is 101. The molecule has 0 fully saturated rings. The number of para-hydroxylation sites is 8. The number of esters is 8. The Kier molecular flexibility index (Phi) is 62.6. The largest absolute Gasteiger partial charge is 2.00 e. The molecule has 0 atom stereocenters. The van der Waals surface area contributed by atoms with Crippen molar-refractivity contribution >= 4 is 94.2 Å². The van der Waals surface area contributed by atoms with Crippen LogP contribution in [-0.4, -0.2) is 115 Å². The van der Waals surface area contributed by atoms with Crippen molar-refractivity contribution in [3.63, 3.8) is 0 Å². The Morgan fingerprint density at radius 1 is 0.214 bits per heavy atom. The number of hydrogen-bond acceptors (Lipinski definition) is 24. The number of methoxy groups -OCH3 is 8. The summed E-state index contributed by atoms with van der Waals surface area (Å²) in [6, 6.07) is 47.7. The third kappa shape index (κ3) is 40.3. The van der Waals surface area contributed by atoms with Gasteiger partial charge in [-0.15, -0.1) is 46.4 Å². The monoisotopic (exact) mass is 1630 g/mol. The van der Waals surface area contributed by atoms with Gasteiger partial charge in [-0.3, -0.25) is 0 Å². The molecule has 0 spiro atoms. The molecular weight excluding hydrogens is 1580 g/mol. The Bertz CT molecular complexity index is 2920. The number of hydrogen-bond donors (Lipinski definition) is 0. The molecule has 504 valence electrons. The summed E-state index contributed by atoms with van der Waals surface area (Å²) in [6.07, 6.45) is 0. The quantitative estimate of drug-likeness (QED) is 0.0627. The maximum Gasteiger partial charge on any atom is 2.00 e. The summed E-state index contributed by atoms with van der Waals surface area (Å²) >= 11 is 19.1. The molecule has 0 amide bonds. The van der Waals surface area contributed by atoms with Crippen LogP contribution in [0.2, 0.25) is 0 Å². The second kappa shape index (κ2) is 60.9. The Hall–Kier alpha value is -8.43. The maximum absolute atomic E-state index is 10.9. The van der Waals surface area contributed by atoms with Gasteiger partial charge in [-0.25, -0.2) is 38.4 Å².